The summed E-state index contributed by atoms with van der Waals surface area (Å²) in [6.07, 6.45) is 3.35. The van der Waals surface area contributed by atoms with E-state index in [1.807, 2.05) is 45.0 Å². The largest absolute Gasteiger partial charge is 0.462 e. The Bertz CT molecular complexity index is 524. The van der Waals surface area contributed by atoms with Crippen LogP contribution in [-0.4, -0.2) is 12.6 Å². The van der Waals surface area contributed by atoms with Gasteiger partial charge in [-0.2, -0.15) is 5.26 Å². The third-order valence-electron chi connectivity index (χ3n) is 2.80. The SMILES string of the molecule is CCCCOC(=O)/C(C#N)=C/c1ccc(C)cc1C. The lowest BCUT2D eigenvalue weighted by Gasteiger charge is -2.04. The first-order valence-electron chi connectivity index (χ1n) is 6.44. The third-order valence-corrected chi connectivity index (χ3v) is 2.80. The molecule has 19 heavy (non-hydrogen) atoms. The van der Waals surface area contributed by atoms with Gasteiger partial charge in [0.15, 0.2) is 0 Å². The van der Waals surface area contributed by atoms with E-state index < -0.39 is 5.97 Å². The highest BCUT2D eigenvalue weighted by atomic mass is 16.5. The fourth-order valence-corrected chi connectivity index (χ4v) is 1.67. The maximum atomic E-state index is 11.7. The fourth-order valence-electron chi connectivity index (χ4n) is 1.67. The van der Waals surface area contributed by atoms with Crippen molar-refractivity contribution in [3.05, 3.63) is 40.5 Å². The van der Waals surface area contributed by atoms with Crippen LogP contribution in [0, 0.1) is 25.2 Å². The molecule has 0 aliphatic carbocycles. The molecular formula is C16H19NO2. The summed E-state index contributed by atoms with van der Waals surface area (Å²) in [5.74, 6) is -0.545. The molecule has 1 rings (SSSR count). The van der Waals surface area contributed by atoms with Crippen LogP contribution in [0.4, 0.5) is 0 Å². The summed E-state index contributed by atoms with van der Waals surface area (Å²) in [6, 6.07) is 7.78. The molecule has 0 radical (unpaired) electrons. The number of nitrogens with zero attached hydrogens (tertiary/aromatic N) is 1. The lowest BCUT2D eigenvalue weighted by atomic mass is 10.0. The predicted octanol–water partition coefficient (Wildman–Crippen LogP) is 3.55. The van der Waals surface area contributed by atoms with E-state index in [2.05, 4.69) is 0 Å². The molecule has 0 aliphatic heterocycles. The van der Waals surface area contributed by atoms with Gasteiger partial charge in [0.25, 0.3) is 0 Å². The molecule has 0 bridgehead atoms. The van der Waals surface area contributed by atoms with Crippen molar-refractivity contribution in [1.29, 1.82) is 5.26 Å². The van der Waals surface area contributed by atoms with Gasteiger partial charge in [-0.25, -0.2) is 4.79 Å². The van der Waals surface area contributed by atoms with Gasteiger partial charge in [0.2, 0.25) is 0 Å². The molecule has 0 aromatic heterocycles. The van der Waals surface area contributed by atoms with E-state index in [4.69, 9.17) is 10.00 Å². The number of carbonyl (C=O) groups is 1. The van der Waals surface area contributed by atoms with Gasteiger partial charge in [0.05, 0.1) is 6.61 Å². The first-order chi connectivity index (χ1) is 9.08. The van der Waals surface area contributed by atoms with Gasteiger partial charge in [-0.3, -0.25) is 0 Å². The van der Waals surface area contributed by atoms with Crippen molar-refractivity contribution in [1.82, 2.24) is 0 Å². The quantitative estimate of drug-likeness (QED) is 0.351. The van der Waals surface area contributed by atoms with Crippen LogP contribution in [0.15, 0.2) is 23.8 Å². The smallest absolute Gasteiger partial charge is 0.348 e. The molecule has 3 heteroatoms. The van der Waals surface area contributed by atoms with Crippen LogP contribution < -0.4 is 0 Å². The second-order valence-corrected chi connectivity index (χ2v) is 4.52. The van der Waals surface area contributed by atoms with Crippen LogP contribution in [0.1, 0.15) is 36.5 Å². The summed E-state index contributed by atoms with van der Waals surface area (Å²) in [6.45, 7) is 6.34. The number of benzene rings is 1. The van der Waals surface area contributed by atoms with E-state index in [-0.39, 0.29) is 5.57 Å². The Balaban J connectivity index is 2.87. The molecule has 1 aromatic rings. The van der Waals surface area contributed by atoms with Crippen molar-refractivity contribution in [2.75, 3.05) is 6.61 Å². The molecule has 0 atom stereocenters. The minimum absolute atomic E-state index is 0.0445. The third kappa shape index (κ3) is 4.59. The monoisotopic (exact) mass is 257 g/mol. The van der Waals surface area contributed by atoms with Crippen molar-refractivity contribution in [3.8, 4) is 6.07 Å². The average molecular weight is 257 g/mol. The number of hydrogen-bond donors (Lipinski definition) is 0. The Kier molecular flexibility index (Phi) is 5.81. The van der Waals surface area contributed by atoms with E-state index in [9.17, 15) is 4.79 Å². The molecule has 0 fully saturated rings. The molecule has 0 saturated carbocycles. The Morgan fingerprint density at radius 2 is 2.16 bits per heavy atom. The van der Waals surface area contributed by atoms with Gasteiger partial charge >= 0.3 is 5.97 Å². The van der Waals surface area contributed by atoms with Gasteiger partial charge in [-0.1, -0.05) is 37.1 Å². The zero-order valence-electron chi connectivity index (χ0n) is 11.7. The van der Waals surface area contributed by atoms with Crippen LogP contribution in [0.3, 0.4) is 0 Å². The highest BCUT2D eigenvalue weighted by molar-refractivity contribution is 5.98. The Labute approximate surface area is 114 Å². The van der Waals surface area contributed by atoms with Crippen LogP contribution in [0.2, 0.25) is 0 Å². The molecule has 0 unspecified atom stereocenters. The summed E-state index contributed by atoms with van der Waals surface area (Å²) < 4.78 is 5.04. The van der Waals surface area contributed by atoms with Crippen LogP contribution in [0.25, 0.3) is 6.08 Å². The van der Waals surface area contributed by atoms with Gasteiger partial charge in [0.1, 0.15) is 11.6 Å². The van der Waals surface area contributed by atoms with Crippen LogP contribution in [-0.2, 0) is 9.53 Å². The first-order valence-corrected chi connectivity index (χ1v) is 6.44. The zero-order chi connectivity index (χ0) is 14.3. The van der Waals surface area contributed by atoms with Gasteiger partial charge in [-0.05, 0) is 37.5 Å². The van der Waals surface area contributed by atoms with Crippen LogP contribution >= 0.6 is 0 Å². The van der Waals surface area contributed by atoms with E-state index in [1.165, 1.54) is 0 Å². The number of esters is 1. The maximum absolute atomic E-state index is 11.7. The van der Waals surface area contributed by atoms with E-state index in [0.29, 0.717) is 6.61 Å². The Morgan fingerprint density at radius 3 is 2.74 bits per heavy atom. The molecule has 100 valence electrons. The second kappa shape index (κ2) is 7.38. The number of unbranched alkanes of at least 4 members (excludes halogenated alkanes) is 1. The van der Waals surface area contributed by atoms with Gasteiger partial charge in [-0.15, -0.1) is 0 Å². The lowest BCUT2D eigenvalue weighted by Crippen LogP contribution is -2.07. The van der Waals surface area contributed by atoms with Crippen molar-refractivity contribution in [3.63, 3.8) is 0 Å². The molecule has 3 nitrogen and oxygen atoms in total. The summed E-state index contributed by atoms with van der Waals surface area (Å²) in [5, 5.41) is 9.04. The normalized spacial score (nSPS) is 10.9. The number of hydrogen-bond acceptors (Lipinski definition) is 3. The topological polar surface area (TPSA) is 50.1 Å². The first kappa shape index (κ1) is 15.0. The molecular weight excluding hydrogens is 238 g/mol. The Morgan fingerprint density at radius 1 is 1.42 bits per heavy atom. The van der Waals surface area contributed by atoms with Crippen molar-refractivity contribution >= 4 is 12.0 Å². The van der Waals surface area contributed by atoms with E-state index >= 15 is 0 Å². The molecule has 0 N–H and O–H groups in total. The number of ether oxygens (including phenoxy) is 1. The summed E-state index contributed by atoms with van der Waals surface area (Å²) in [4.78, 5) is 11.7. The molecule has 0 spiro atoms. The predicted molar refractivity (Wildman–Crippen MR) is 75.4 cm³/mol. The van der Waals surface area contributed by atoms with Gasteiger partial charge in [0, 0.05) is 0 Å². The molecule has 0 saturated heterocycles. The molecule has 1 aromatic carbocycles. The number of aryl methyl sites for hydroxylation is 2. The molecule has 0 aliphatic rings. The summed E-state index contributed by atoms with van der Waals surface area (Å²) in [5.41, 5.74) is 3.10. The standard InChI is InChI=1S/C16H19NO2/c1-4-5-8-19-16(18)15(11-17)10-14-7-6-12(2)9-13(14)3/h6-7,9-10H,4-5,8H2,1-3H3/b15-10+. The minimum Gasteiger partial charge on any atom is -0.462 e. The van der Waals surface area contributed by atoms with E-state index in [1.54, 1.807) is 6.08 Å². The summed E-state index contributed by atoms with van der Waals surface area (Å²) >= 11 is 0. The highest BCUT2D eigenvalue weighted by Crippen LogP contribution is 2.15. The van der Waals surface area contributed by atoms with E-state index in [0.717, 1.165) is 29.5 Å². The van der Waals surface area contributed by atoms with Gasteiger partial charge < -0.3 is 4.74 Å². The number of nitriles is 1. The number of rotatable bonds is 5. The fraction of sp³-hybridized carbons (Fsp3) is 0.375. The van der Waals surface area contributed by atoms with Crippen molar-refractivity contribution in [2.24, 2.45) is 0 Å². The lowest BCUT2D eigenvalue weighted by molar-refractivity contribution is -0.138. The molecule has 0 amide bonds. The second-order valence-electron chi connectivity index (χ2n) is 4.52. The zero-order valence-corrected chi connectivity index (χ0v) is 11.7. The molecule has 0 heterocycles. The minimum atomic E-state index is -0.545. The Hall–Kier alpha value is -2.08. The van der Waals surface area contributed by atoms with Crippen molar-refractivity contribution < 1.29 is 9.53 Å². The van der Waals surface area contributed by atoms with Crippen LogP contribution in [0.5, 0.6) is 0 Å². The highest BCUT2D eigenvalue weighted by Gasteiger charge is 2.10. The average Bonchev–Trinajstić information content (AvgIpc) is 2.38. The van der Waals surface area contributed by atoms with Crippen molar-refractivity contribution in [2.45, 2.75) is 33.6 Å². The number of carbonyl (C=O) groups excluding carboxylic acids is 1. The summed E-state index contributed by atoms with van der Waals surface area (Å²) in [7, 11) is 0. The maximum Gasteiger partial charge on any atom is 0.348 e.